The number of methoxy groups -OCH3 is 4. The van der Waals surface area contributed by atoms with Crippen LogP contribution in [0.25, 0.3) is 10.9 Å². The summed E-state index contributed by atoms with van der Waals surface area (Å²) >= 11 is 0. The Kier molecular flexibility index (Phi) is 6.55. The molecule has 0 aliphatic carbocycles. The first-order valence-electron chi connectivity index (χ1n) is 10.3. The average Bonchev–Trinajstić information content (AvgIpc) is 2.89. The largest absolute Gasteiger partial charge is 0.493 e. The number of nitriles is 1. The number of hydrogen-bond donors (Lipinski definition) is 1. The summed E-state index contributed by atoms with van der Waals surface area (Å²) in [6.07, 6.45) is 1.53. The molecule has 8 heteroatoms. The lowest BCUT2D eigenvalue weighted by Crippen LogP contribution is -1.99. The molecule has 4 aromatic rings. The van der Waals surface area contributed by atoms with Gasteiger partial charge in [-0.1, -0.05) is 6.07 Å². The predicted molar refractivity (Wildman–Crippen MR) is 129 cm³/mol. The lowest BCUT2D eigenvalue weighted by molar-refractivity contribution is 0.346. The normalized spacial score (nSPS) is 10.3. The van der Waals surface area contributed by atoms with E-state index in [2.05, 4.69) is 16.4 Å². The van der Waals surface area contributed by atoms with Gasteiger partial charge in [0.15, 0.2) is 23.0 Å². The highest BCUT2D eigenvalue weighted by atomic mass is 16.5. The van der Waals surface area contributed by atoms with Crippen LogP contribution in [-0.4, -0.2) is 33.4 Å². The van der Waals surface area contributed by atoms with Gasteiger partial charge >= 0.3 is 0 Å². The molecule has 172 valence electrons. The van der Waals surface area contributed by atoms with Crippen molar-refractivity contribution in [2.75, 3.05) is 33.8 Å². The molecule has 1 aromatic heterocycles. The second kappa shape index (κ2) is 9.88. The molecule has 0 amide bonds. The Hall–Kier alpha value is -4.64. The number of ether oxygens (including phenoxy) is 5. The van der Waals surface area contributed by atoms with Crippen molar-refractivity contribution >= 4 is 22.3 Å². The molecule has 0 bridgehead atoms. The predicted octanol–water partition coefficient (Wildman–Crippen LogP) is 5.68. The van der Waals surface area contributed by atoms with Crippen molar-refractivity contribution in [3.05, 3.63) is 66.4 Å². The van der Waals surface area contributed by atoms with Crippen LogP contribution in [0.2, 0.25) is 0 Å². The molecule has 1 N–H and O–H groups in total. The number of pyridine rings is 1. The Morgan fingerprint density at radius 2 is 1.41 bits per heavy atom. The highest BCUT2D eigenvalue weighted by Gasteiger charge is 2.15. The van der Waals surface area contributed by atoms with Gasteiger partial charge in [0.05, 0.1) is 45.2 Å². The van der Waals surface area contributed by atoms with E-state index in [-0.39, 0.29) is 0 Å². The molecule has 0 spiro atoms. The van der Waals surface area contributed by atoms with Crippen LogP contribution >= 0.6 is 0 Å². The molecule has 1 heterocycles. The lowest BCUT2D eigenvalue weighted by Gasteiger charge is -2.15. The zero-order chi connectivity index (χ0) is 24.1. The minimum absolute atomic E-state index is 0.402. The third kappa shape index (κ3) is 4.32. The summed E-state index contributed by atoms with van der Waals surface area (Å²) in [5.74, 6) is 3.32. The average molecular weight is 457 g/mol. The molecule has 0 saturated heterocycles. The number of hydrogen-bond acceptors (Lipinski definition) is 8. The van der Waals surface area contributed by atoms with E-state index in [0.717, 1.165) is 11.1 Å². The third-order valence-corrected chi connectivity index (χ3v) is 5.22. The molecule has 0 saturated carbocycles. The van der Waals surface area contributed by atoms with Crippen molar-refractivity contribution in [3.63, 3.8) is 0 Å². The van der Waals surface area contributed by atoms with Gasteiger partial charge in [-0.05, 0) is 42.5 Å². The minimum atomic E-state index is 0.402. The molecular formula is C26H23N3O5. The summed E-state index contributed by atoms with van der Waals surface area (Å²) in [6.45, 7) is 0. The number of aromatic nitrogens is 1. The number of benzene rings is 3. The van der Waals surface area contributed by atoms with Crippen molar-refractivity contribution in [1.29, 1.82) is 5.26 Å². The van der Waals surface area contributed by atoms with Crippen LogP contribution < -0.4 is 29.0 Å². The molecule has 0 atom stereocenters. The van der Waals surface area contributed by atoms with Gasteiger partial charge in [-0.15, -0.1) is 0 Å². The van der Waals surface area contributed by atoms with E-state index in [1.165, 1.54) is 6.20 Å². The maximum atomic E-state index is 9.66. The molecule has 0 fully saturated rings. The van der Waals surface area contributed by atoms with Gasteiger partial charge in [-0.25, -0.2) is 0 Å². The number of anilines is 2. The van der Waals surface area contributed by atoms with Crippen LogP contribution in [0.4, 0.5) is 11.4 Å². The quantitative estimate of drug-likeness (QED) is 0.361. The maximum Gasteiger partial charge on any atom is 0.210 e. The fourth-order valence-electron chi connectivity index (χ4n) is 3.52. The second-order valence-corrected chi connectivity index (χ2v) is 7.13. The van der Waals surface area contributed by atoms with Crippen molar-refractivity contribution in [2.45, 2.75) is 0 Å². The van der Waals surface area contributed by atoms with Gasteiger partial charge in [-0.2, -0.15) is 5.26 Å². The van der Waals surface area contributed by atoms with Crippen LogP contribution in [0.1, 0.15) is 5.56 Å². The molecule has 3 aromatic carbocycles. The van der Waals surface area contributed by atoms with Gasteiger partial charge in [0.25, 0.3) is 0 Å². The van der Waals surface area contributed by atoms with Crippen molar-refractivity contribution in [3.8, 4) is 40.6 Å². The van der Waals surface area contributed by atoms with Crippen LogP contribution in [0.3, 0.4) is 0 Å². The van der Waals surface area contributed by atoms with Crippen LogP contribution in [0.5, 0.6) is 34.5 Å². The zero-order valence-electron chi connectivity index (χ0n) is 19.2. The molecule has 0 aliphatic heterocycles. The van der Waals surface area contributed by atoms with Crippen molar-refractivity contribution in [2.24, 2.45) is 0 Å². The topological polar surface area (TPSA) is 94.9 Å². The number of nitrogens with one attached hydrogen (secondary N) is 1. The molecular weight excluding hydrogens is 434 g/mol. The van der Waals surface area contributed by atoms with E-state index in [1.807, 2.05) is 30.3 Å². The third-order valence-electron chi connectivity index (χ3n) is 5.22. The maximum absolute atomic E-state index is 9.66. The molecule has 8 nitrogen and oxygen atoms in total. The first-order chi connectivity index (χ1) is 16.6. The fourth-order valence-corrected chi connectivity index (χ4v) is 3.52. The molecule has 0 unspecified atom stereocenters. The van der Waals surface area contributed by atoms with Gasteiger partial charge in [0.2, 0.25) is 5.75 Å². The first-order valence-corrected chi connectivity index (χ1v) is 10.3. The van der Waals surface area contributed by atoms with Gasteiger partial charge < -0.3 is 29.0 Å². The fraction of sp³-hybridized carbons (Fsp3) is 0.154. The van der Waals surface area contributed by atoms with E-state index < -0.39 is 0 Å². The van der Waals surface area contributed by atoms with E-state index >= 15 is 0 Å². The Balaban J connectivity index is 1.67. The van der Waals surface area contributed by atoms with Crippen molar-refractivity contribution in [1.82, 2.24) is 4.98 Å². The lowest BCUT2D eigenvalue weighted by atomic mass is 10.1. The highest BCUT2D eigenvalue weighted by Crippen LogP contribution is 2.41. The Bertz CT molecular complexity index is 1340. The first kappa shape index (κ1) is 22.6. The number of fused-ring (bicyclic) bond motifs is 1. The Labute approximate surface area is 197 Å². The Morgan fingerprint density at radius 3 is 2.00 bits per heavy atom. The Morgan fingerprint density at radius 1 is 0.794 bits per heavy atom. The SMILES string of the molecule is COc1cc2ncc(C#N)c(Nc3ccc(Oc4c(OC)cccc4OC)cc3)c2cc1OC. The second-order valence-electron chi connectivity index (χ2n) is 7.13. The van der Waals surface area contributed by atoms with Crippen LogP contribution in [0.15, 0.2) is 60.8 Å². The van der Waals surface area contributed by atoms with E-state index in [4.69, 9.17) is 23.7 Å². The summed E-state index contributed by atoms with van der Waals surface area (Å²) in [4.78, 5) is 4.39. The number of para-hydroxylation sites is 1. The monoisotopic (exact) mass is 457 g/mol. The molecule has 0 radical (unpaired) electrons. The van der Waals surface area contributed by atoms with Gasteiger partial charge in [0, 0.05) is 23.3 Å². The zero-order valence-corrected chi connectivity index (χ0v) is 19.2. The van der Waals surface area contributed by atoms with Gasteiger partial charge in [0.1, 0.15) is 11.8 Å². The van der Waals surface area contributed by atoms with Crippen molar-refractivity contribution < 1.29 is 23.7 Å². The van der Waals surface area contributed by atoms with E-state index in [0.29, 0.717) is 51.3 Å². The highest BCUT2D eigenvalue weighted by molar-refractivity contribution is 5.97. The summed E-state index contributed by atoms with van der Waals surface area (Å²) in [7, 11) is 6.28. The number of nitrogens with zero attached hydrogens (tertiary/aromatic N) is 2. The summed E-state index contributed by atoms with van der Waals surface area (Å²) < 4.78 is 27.6. The molecule has 0 aliphatic rings. The molecule has 4 rings (SSSR count). The van der Waals surface area contributed by atoms with Crippen LogP contribution in [0, 0.1) is 11.3 Å². The van der Waals surface area contributed by atoms with Crippen LogP contribution in [-0.2, 0) is 0 Å². The van der Waals surface area contributed by atoms with E-state index in [1.54, 1.807) is 52.7 Å². The summed E-state index contributed by atoms with van der Waals surface area (Å²) in [6, 6.07) is 18.5. The minimum Gasteiger partial charge on any atom is -0.493 e. The molecule has 34 heavy (non-hydrogen) atoms. The number of rotatable bonds is 8. The smallest absolute Gasteiger partial charge is 0.210 e. The van der Waals surface area contributed by atoms with E-state index in [9.17, 15) is 5.26 Å². The summed E-state index contributed by atoms with van der Waals surface area (Å²) in [5, 5.41) is 13.7. The standard InChI is InChI=1S/C26H23N3O5/c1-30-21-6-5-7-22(31-2)26(21)34-18-10-8-17(9-11-18)29-25-16(14-27)15-28-20-13-24(33-4)23(32-3)12-19(20)25/h5-13,15H,1-4H3,(H,28,29). The summed E-state index contributed by atoms with van der Waals surface area (Å²) in [5.41, 5.74) is 2.45. The van der Waals surface area contributed by atoms with Gasteiger partial charge in [-0.3, -0.25) is 4.98 Å².